The van der Waals surface area contributed by atoms with E-state index in [1.165, 1.54) is 0 Å². The van der Waals surface area contributed by atoms with Gasteiger partial charge >= 0.3 is 0 Å². The topological polar surface area (TPSA) is 32.3 Å². The average Bonchev–Trinajstić information content (AvgIpc) is 2.16. The minimum atomic E-state index is -0.281. The molecule has 4 heteroatoms. The smallest absolute Gasteiger partial charge is 0.0607 e. The first-order chi connectivity index (χ1) is 6.94. The van der Waals surface area contributed by atoms with E-state index in [-0.39, 0.29) is 12.1 Å². The zero-order valence-electron chi connectivity index (χ0n) is 8.85. The van der Waals surface area contributed by atoms with Crippen molar-refractivity contribution < 1.29 is 5.11 Å². The fourth-order valence-electron chi connectivity index (χ4n) is 1.06. The molecule has 0 aliphatic heterocycles. The molecule has 1 aromatic carbocycles. The zero-order chi connectivity index (χ0) is 11.5. The van der Waals surface area contributed by atoms with E-state index in [9.17, 15) is 0 Å². The molecule has 84 valence electrons. The van der Waals surface area contributed by atoms with E-state index < -0.39 is 0 Å². The Morgan fingerprint density at radius 3 is 2.67 bits per heavy atom. The molecular formula is C11H15BrClNO. The minimum Gasteiger partial charge on any atom is -0.394 e. The maximum absolute atomic E-state index is 9.08. The average molecular weight is 293 g/mol. The molecule has 0 saturated carbocycles. The van der Waals surface area contributed by atoms with Gasteiger partial charge in [-0.1, -0.05) is 33.6 Å². The third-order valence-electron chi connectivity index (χ3n) is 2.17. The Morgan fingerprint density at radius 2 is 2.13 bits per heavy atom. The Balaban J connectivity index is 2.66. The van der Waals surface area contributed by atoms with E-state index in [4.69, 9.17) is 16.7 Å². The molecule has 0 spiro atoms. The molecule has 0 unspecified atom stereocenters. The van der Waals surface area contributed by atoms with Crippen LogP contribution in [-0.4, -0.2) is 17.3 Å². The Labute approximate surface area is 104 Å². The predicted octanol–water partition coefficient (Wildman–Crippen LogP) is 2.96. The number of halogens is 2. The van der Waals surface area contributed by atoms with Crippen LogP contribution in [0.25, 0.3) is 0 Å². The number of hydrogen-bond donors (Lipinski definition) is 2. The maximum atomic E-state index is 9.08. The van der Waals surface area contributed by atoms with Gasteiger partial charge in [-0.3, -0.25) is 0 Å². The van der Waals surface area contributed by atoms with Crippen LogP contribution in [0, 0.1) is 0 Å². The maximum Gasteiger partial charge on any atom is 0.0607 e. The number of rotatable bonds is 4. The molecule has 2 nitrogen and oxygen atoms in total. The molecule has 0 aliphatic rings. The molecule has 15 heavy (non-hydrogen) atoms. The highest BCUT2D eigenvalue weighted by Gasteiger charge is 2.15. The summed E-state index contributed by atoms with van der Waals surface area (Å²) in [6, 6.07) is 5.78. The lowest BCUT2D eigenvalue weighted by Crippen LogP contribution is -2.42. The van der Waals surface area contributed by atoms with Gasteiger partial charge in [-0.25, -0.2) is 0 Å². The molecule has 0 amide bonds. The van der Waals surface area contributed by atoms with E-state index in [1.807, 2.05) is 32.0 Å². The first-order valence-electron chi connectivity index (χ1n) is 4.74. The van der Waals surface area contributed by atoms with Crippen molar-refractivity contribution in [1.29, 1.82) is 0 Å². The summed E-state index contributed by atoms with van der Waals surface area (Å²) in [5, 5.41) is 13.0. The quantitative estimate of drug-likeness (QED) is 0.894. The van der Waals surface area contributed by atoms with Gasteiger partial charge in [0, 0.05) is 21.6 Å². The monoisotopic (exact) mass is 291 g/mol. The van der Waals surface area contributed by atoms with Crippen molar-refractivity contribution in [3.63, 3.8) is 0 Å². The van der Waals surface area contributed by atoms with Crippen molar-refractivity contribution in [2.75, 3.05) is 6.61 Å². The van der Waals surface area contributed by atoms with E-state index in [0.29, 0.717) is 6.54 Å². The van der Waals surface area contributed by atoms with Gasteiger partial charge in [0.25, 0.3) is 0 Å². The Kier molecular flexibility index (Phi) is 4.59. The van der Waals surface area contributed by atoms with Crippen LogP contribution in [0.2, 0.25) is 5.02 Å². The number of benzene rings is 1. The predicted molar refractivity (Wildman–Crippen MR) is 67.2 cm³/mol. The highest BCUT2D eigenvalue weighted by Crippen LogP contribution is 2.21. The summed E-state index contributed by atoms with van der Waals surface area (Å²) in [7, 11) is 0. The highest BCUT2D eigenvalue weighted by molar-refractivity contribution is 9.10. The first kappa shape index (κ1) is 13.0. The van der Waals surface area contributed by atoms with Gasteiger partial charge in [-0.15, -0.1) is 0 Å². The molecule has 0 bridgehead atoms. The molecule has 1 rings (SSSR count). The SMILES string of the molecule is CC(C)(CO)NCc1ccc(Br)cc1Cl. The van der Waals surface area contributed by atoms with Crippen molar-refractivity contribution in [3.05, 3.63) is 33.3 Å². The molecule has 0 saturated heterocycles. The summed E-state index contributed by atoms with van der Waals surface area (Å²) < 4.78 is 0.970. The van der Waals surface area contributed by atoms with Gasteiger partial charge < -0.3 is 10.4 Å². The fraction of sp³-hybridized carbons (Fsp3) is 0.455. The lowest BCUT2D eigenvalue weighted by molar-refractivity contribution is 0.187. The van der Waals surface area contributed by atoms with E-state index in [0.717, 1.165) is 15.1 Å². The van der Waals surface area contributed by atoms with Crippen LogP contribution in [0.1, 0.15) is 19.4 Å². The summed E-state index contributed by atoms with van der Waals surface area (Å²) in [6.07, 6.45) is 0. The van der Waals surface area contributed by atoms with E-state index in [1.54, 1.807) is 0 Å². The summed E-state index contributed by atoms with van der Waals surface area (Å²) in [4.78, 5) is 0. The van der Waals surface area contributed by atoms with Gasteiger partial charge in [0.05, 0.1) is 6.61 Å². The number of aliphatic hydroxyl groups excluding tert-OH is 1. The standard InChI is InChI=1S/C11H15BrClNO/c1-11(2,7-15)14-6-8-3-4-9(12)5-10(8)13/h3-5,14-15H,6-7H2,1-2H3. The largest absolute Gasteiger partial charge is 0.394 e. The highest BCUT2D eigenvalue weighted by atomic mass is 79.9. The third-order valence-corrected chi connectivity index (χ3v) is 3.01. The first-order valence-corrected chi connectivity index (χ1v) is 5.91. The second-order valence-electron chi connectivity index (χ2n) is 4.13. The van der Waals surface area contributed by atoms with Gasteiger partial charge in [0.1, 0.15) is 0 Å². The van der Waals surface area contributed by atoms with Crippen LogP contribution >= 0.6 is 27.5 Å². The zero-order valence-corrected chi connectivity index (χ0v) is 11.2. The molecule has 0 heterocycles. The Bertz CT molecular complexity index is 341. The number of nitrogens with one attached hydrogen (secondary N) is 1. The van der Waals surface area contributed by atoms with Crippen molar-refractivity contribution in [1.82, 2.24) is 5.32 Å². The summed E-state index contributed by atoms with van der Waals surface area (Å²) in [6.45, 7) is 4.64. The van der Waals surface area contributed by atoms with Crippen LogP contribution in [0.3, 0.4) is 0 Å². The van der Waals surface area contributed by atoms with Gasteiger partial charge in [-0.2, -0.15) is 0 Å². The van der Waals surface area contributed by atoms with Gasteiger partial charge in [-0.05, 0) is 31.5 Å². The van der Waals surface area contributed by atoms with Crippen LogP contribution in [0.4, 0.5) is 0 Å². The molecule has 1 aromatic rings. The molecule has 0 fully saturated rings. The summed E-state index contributed by atoms with van der Waals surface area (Å²) in [5.41, 5.74) is 0.748. The van der Waals surface area contributed by atoms with E-state index >= 15 is 0 Å². The lowest BCUT2D eigenvalue weighted by Gasteiger charge is -2.23. The number of aliphatic hydroxyl groups is 1. The summed E-state index contributed by atoms with van der Waals surface area (Å²) in [5.74, 6) is 0. The van der Waals surface area contributed by atoms with Crippen molar-refractivity contribution in [2.45, 2.75) is 25.9 Å². The molecular weight excluding hydrogens is 277 g/mol. The van der Waals surface area contributed by atoms with Crippen LogP contribution in [0.5, 0.6) is 0 Å². The lowest BCUT2D eigenvalue weighted by atomic mass is 10.1. The van der Waals surface area contributed by atoms with Crippen LogP contribution in [0.15, 0.2) is 22.7 Å². The van der Waals surface area contributed by atoms with Crippen molar-refractivity contribution in [2.24, 2.45) is 0 Å². The van der Waals surface area contributed by atoms with Crippen LogP contribution < -0.4 is 5.32 Å². The number of hydrogen-bond acceptors (Lipinski definition) is 2. The van der Waals surface area contributed by atoms with Crippen molar-refractivity contribution >= 4 is 27.5 Å². The molecule has 0 radical (unpaired) electrons. The Morgan fingerprint density at radius 1 is 1.47 bits per heavy atom. The normalized spacial score (nSPS) is 11.8. The summed E-state index contributed by atoms with van der Waals surface area (Å²) >= 11 is 9.42. The van der Waals surface area contributed by atoms with Gasteiger partial charge in [0.2, 0.25) is 0 Å². The molecule has 0 atom stereocenters. The molecule has 0 aliphatic carbocycles. The molecule has 0 aromatic heterocycles. The van der Waals surface area contributed by atoms with E-state index in [2.05, 4.69) is 21.2 Å². The van der Waals surface area contributed by atoms with Crippen LogP contribution in [-0.2, 0) is 6.54 Å². The minimum absolute atomic E-state index is 0.0984. The third kappa shape index (κ3) is 4.11. The fourth-order valence-corrected chi connectivity index (χ4v) is 1.80. The second-order valence-corrected chi connectivity index (χ2v) is 5.45. The Hall–Kier alpha value is -0.0900. The second kappa shape index (κ2) is 5.30. The van der Waals surface area contributed by atoms with Crippen molar-refractivity contribution in [3.8, 4) is 0 Å². The van der Waals surface area contributed by atoms with Gasteiger partial charge in [0.15, 0.2) is 0 Å². The molecule has 2 N–H and O–H groups in total.